The van der Waals surface area contributed by atoms with Crippen molar-refractivity contribution in [3.05, 3.63) is 147 Å². The van der Waals surface area contributed by atoms with Gasteiger partial charge in [-0.3, -0.25) is 9.36 Å². The smallest absolute Gasteiger partial charge is 0.271 e. The van der Waals surface area contributed by atoms with Crippen molar-refractivity contribution in [2.45, 2.75) is 25.5 Å². The molecule has 7 rings (SSSR count). The number of ether oxygens (including phenoxy) is 3. The molecule has 9 heteroatoms. The maximum atomic E-state index is 14.2. The molecule has 1 aliphatic heterocycles. The molecule has 226 valence electrons. The van der Waals surface area contributed by atoms with Crippen LogP contribution in [-0.2, 0) is 13.0 Å². The van der Waals surface area contributed by atoms with Crippen LogP contribution in [0.1, 0.15) is 40.3 Å². The van der Waals surface area contributed by atoms with Gasteiger partial charge in [0.1, 0.15) is 18.2 Å². The molecule has 1 atom stereocenters. The first-order valence-corrected chi connectivity index (χ1v) is 16.4. The molecule has 6 nitrogen and oxygen atoms in total. The highest BCUT2D eigenvalue weighted by Gasteiger charge is 2.32. The average molecular weight is 731 g/mol. The van der Waals surface area contributed by atoms with Crippen molar-refractivity contribution in [2.75, 3.05) is 14.2 Å². The molecule has 2 heterocycles. The van der Waals surface area contributed by atoms with E-state index in [1.165, 1.54) is 23.0 Å². The summed E-state index contributed by atoms with van der Waals surface area (Å²) < 4.78 is 34.6. The number of aromatic nitrogens is 1. The normalized spacial score (nSPS) is 15.6. The molecule has 0 bridgehead atoms. The molecular formula is C36H28FIN2O4S. The van der Waals surface area contributed by atoms with Gasteiger partial charge in [-0.15, -0.1) is 0 Å². The van der Waals surface area contributed by atoms with Gasteiger partial charge in [0.15, 0.2) is 16.3 Å². The molecule has 0 radical (unpaired) electrons. The van der Waals surface area contributed by atoms with Gasteiger partial charge < -0.3 is 14.2 Å². The summed E-state index contributed by atoms with van der Waals surface area (Å²) in [6.07, 6.45) is 3.57. The van der Waals surface area contributed by atoms with Crippen molar-refractivity contribution in [1.29, 1.82) is 0 Å². The Morgan fingerprint density at radius 2 is 1.82 bits per heavy atom. The number of aryl methyl sites for hydroxylation is 1. The van der Waals surface area contributed by atoms with Crippen molar-refractivity contribution < 1.29 is 18.6 Å². The van der Waals surface area contributed by atoms with E-state index in [0.29, 0.717) is 26.4 Å². The summed E-state index contributed by atoms with van der Waals surface area (Å²) in [7, 11) is 3.22. The lowest BCUT2D eigenvalue weighted by Crippen LogP contribution is -2.38. The molecule has 0 spiro atoms. The van der Waals surface area contributed by atoms with E-state index in [1.807, 2.05) is 53.1 Å². The zero-order valence-electron chi connectivity index (χ0n) is 24.6. The minimum Gasteiger partial charge on any atom is -0.497 e. The van der Waals surface area contributed by atoms with Crippen LogP contribution in [0.5, 0.6) is 17.2 Å². The summed E-state index contributed by atoms with van der Waals surface area (Å²) in [5.74, 6) is 1.43. The summed E-state index contributed by atoms with van der Waals surface area (Å²) in [5, 5.41) is 0. The van der Waals surface area contributed by atoms with E-state index in [0.717, 1.165) is 50.1 Å². The van der Waals surface area contributed by atoms with E-state index in [-0.39, 0.29) is 24.0 Å². The van der Waals surface area contributed by atoms with Crippen LogP contribution < -0.4 is 29.1 Å². The first kappa shape index (κ1) is 29.5. The van der Waals surface area contributed by atoms with Gasteiger partial charge in [0.05, 0.1) is 34.1 Å². The minimum absolute atomic E-state index is 0.0645. The number of rotatable bonds is 7. The van der Waals surface area contributed by atoms with Crippen LogP contribution in [0.2, 0.25) is 0 Å². The van der Waals surface area contributed by atoms with Crippen LogP contribution in [0.4, 0.5) is 4.39 Å². The topological polar surface area (TPSA) is 62.0 Å². The third-order valence-electron chi connectivity index (χ3n) is 8.16. The molecule has 0 unspecified atom stereocenters. The van der Waals surface area contributed by atoms with Crippen LogP contribution in [0.3, 0.4) is 0 Å². The second-order valence-electron chi connectivity index (χ2n) is 10.8. The Bertz CT molecular complexity index is 2170. The Morgan fingerprint density at radius 1 is 1.00 bits per heavy atom. The largest absolute Gasteiger partial charge is 0.497 e. The van der Waals surface area contributed by atoms with Crippen LogP contribution in [0.25, 0.3) is 11.8 Å². The summed E-state index contributed by atoms with van der Waals surface area (Å²) in [4.78, 5) is 20.0. The Morgan fingerprint density at radius 3 is 2.64 bits per heavy atom. The van der Waals surface area contributed by atoms with Gasteiger partial charge in [-0.2, -0.15) is 0 Å². The Balaban J connectivity index is 1.34. The quantitative estimate of drug-likeness (QED) is 0.176. The maximum absolute atomic E-state index is 14.2. The lowest BCUT2D eigenvalue weighted by Gasteiger charge is -2.31. The van der Waals surface area contributed by atoms with Gasteiger partial charge in [0.2, 0.25) is 0 Å². The highest BCUT2D eigenvalue weighted by atomic mass is 127. The molecule has 1 aromatic heterocycles. The molecule has 0 amide bonds. The number of hydrogen-bond donors (Lipinski definition) is 0. The monoisotopic (exact) mass is 730 g/mol. The zero-order chi connectivity index (χ0) is 31.1. The van der Waals surface area contributed by atoms with Gasteiger partial charge in [-0.25, -0.2) is 9.38 Å². The second-order valence-corrected chi connectivity index (χ2v) is 13.0. The summed E-state index contributed by atoms with van der Waals surface area (Å²) in [6.45, 7) is 0.0645. The average Bonchev–Trinajstić information content (AvgIpc) is 3.37. The van der Waals surface area contributed by atoms with Crippen LogP contribution >= 0.6 is 33.9 Å². The predicted molar refractivity (Wildman–Crippen MR) is 182 cm³/mol. The molecule has 0 saturated carbocycles. The van der Waals surface area contributed by atoms with Gasteiger partial charge in [-0.1, -0.05) is 65.9 Å². The highest BCUT2D eigenvalue weighted by molar-refractivity contribution is 14.1. The van der Waals surface area contributed by atoms with E-state index in [9.17, 15) is 9.18 Å². The Labute approximate surface area is 276 Å². The third-order valence-corrected chi connectivity index (χ3v) is 9.95. The fraction of sp³-hybridized carbons (Fsp3) is 0.167. The van der Waals surface area contributed by atoms with Crippen LogP contribution in [0, 0.1) is 9.39 Å². The third kappa shape index (κ3) is 5.48. The predicted octanol–water partition coefficient (Wildman–Crippen LogP) is 6.66. The maximum Gasteiger partial charge on any atom is 0.271 e. The van der Waals surface area contributed by atoms with E-state index < -0.39 is 0 Å². The molecule has 2 aliphatic rings. The number of benzene rings is 4. The molecule has 1 aliphatic carbocycles. The number of thiazole rings is 1. The standard InChI is InChI=1S/C36H28FIN2O4S/c1-42-25-11-7-10-23(19-25)33-27-15-14-22-8-3-5-12-26(22)32(27)39-36-40(33)35(41)31(45-36)18-21-16-29(38)34(30(17-21)43-2)44-20-24-9-4-6-13-28(24)37/h3-13,16-19,33H,14-15,20H2,1-2H3/b31-18+/t33-/m1/s1. The summed E-state index contributed by atoms with van der Waals surface area (Å²) >= 11 is 3.55. The second kappa shape index (κ2) is 12.3. The summed E-state index contributed by atoms with van der Waals surface area (Å²) in [6, 6.07) is 26.3. The summed E-state index contributed by atoms with van der Waals surface area (Å²) in [5.41, 5.74) is 6.58. The number of nitrogens with zero attached hydrogens (tertiary/aromatic N) is 2. The van der Waals surface area contributed by atoms with E-state index in [2.05, 4.69) is 40.8 Å². The molecule has 0 fully saturated rings. The highest BCUT2D eigenvalue weighted by Crippen LogP contribution is 2.42. The van der Waals surface area contributed by atoms with Gasteiger partial charge in [-0.05, 0) is 94.1 Å². The molecule has 4 aromatic carbocycles. The van der Waals surface area contributed by atoms with Crippen molar-refractivity contribution in [2.24, 2.45) is 4.99 Å². The van der Waals surface area contributed by atoms with E-state index >= 15 is 0 Å². The number of fused-ring (bicyclic) bond motifs is 3. The number of hydrogen-bond acceptors (Lipinski definition) is 6. The Hall–Kier alpha value is -4.22. The van der Waals surface area contributed by atoms with E-state index in [1.54, 1.807) is 32.4 Å². The zero-order valence-corrected chi connectivity index (χ0v) is 27.5. The number of halogens is 2. The number of allylic oxidation sites excluding steroid dienone is 1. The Kier molecular flexibility index (Phi) is 8.05. The lowest BCUT2D eigenvalue weighted by molar-refractivity contribution is 0.277. The molecule has 5 aromatic rings. The van der Waals surface area contributed by atoms with Crippen molar-refractivity contribution in [3.8, 4) is 17.2 Å². The van der Waals surface area contributed by atoms with Crippen LogP contribution in [0.15, 0.2) is 100 Å². The molecule has 45 heavy (non-hydrogen) atoms. The molecule has 0 N–H and O–H groups in total. The van der Waals surface area contributed by atoms with E-state index in [4.69, 9.17) is 19.2 Å². The van der Waals surface area contributed by atoms with Gasteiger partial charge in [0.25, 0.3) is 5.56 Å². The minimum atomic E-state index is -0.323. The van der Waals surface area contributed by atoms with Crippen LogP contribution in [-0.4, -0.2) is 18.8 Å². The fourth-order valence-corrected chi connectivity index (χ4v) is 7.80. The molecular weight excluding hydrogens is 702 g/mol. The fourth-order valence-electron chi connectivity index (χ4n) is 6.01. The molecule has 0 saturated heterocycles. The van der Waals surface area contributed by atoms with Crippen molar-refractivity contribution in [3.63, 3.8) is 0 Å². The van der Waals surface area contributed by atoms with Gasteiger partial charge in [0, 0.05) is 11.1 Å². The first-order valence-electron chi connectivity index (χ1n) is 14.5. The number of methoxy groups -OCH3 is 2. The lowest BCUT2D eigenvalue weighted by atomic mass is 9.83. The van der Waals surface area contributed by atoms with Crippen molar-refractivity contribution in [1.82, 2.24) is 4.57 Å². The van der Waals surface area contributed by atoms with Gasteiger partial charge >= 0.3 is 0 Å². The van der Waals surface area contributed by atoms with Crippen molar-refractivity contribution >= 4 is 45.7 Å². The SMILES string of the molecule is COc1cccc([C@@H]2C3=C(N=c4s/c(=C/c5cc(I)c(OCc6ccccc6F)c(OC)c5)c(=O)n42)c2ccccc2CC3)c1. The first-order chi connectivity index (χ1) is 21.9.